The van der Waals surface area contributed by atoms with Gasteiger partial charge in [0.1, 0.15) is 0 Å². The lowest BCUT2D eigenvalue weighted by atomic mass is 10.0. The van der Waals surface area contributed by atoms with Crippen LogP contribution >= 0.6 is 23.1 Å². The quantitative estimate of drug-likeness (QED) is 0.498. The van der Waals surface area contributed by atoms with Gasteiger partial charge in [-0.25, -0.2) is 4.98 Å². The van der Waals surface area contributed by atoms with Crippen LogP contribution in [0.5, 0.6) is 0 Å². The van der Waals surface area contributed by atoms with Gasteiger partial charge in [-0.15, -0.1) is 11.3 Å². The van der Waals surface area contributed by atoms with E-state index in [1.54, 1.807) is 11.3 Å². The Bertz CT molecular complexity index is 972. The Balaban J connectivity index is 1.24. The topological polar surface area (TPSA) is 74.3 Å². The number of thioether (sulfide) groups is 1. The minimum atomic E-state index is -0.253. The molecule has 0 saturated carbocycles. The second kappa shape index (κ2) is 8.62. The zero-order chi connectivity index (χ0) is 19.3. The van der Waals surface area contributed by atoms with E-state index >= 15 is 0 Å². The molecule has 0 unspecified atom stereocenters. The van der Waals surface area contributed by atoms with Crippen LogP contribution in [0.2, 0.25) is 0 Å². The molecule has 0 atom stereocenters. The maximum Gasteiger partial charge on any atom is 0.257 e. The highest BCUT2D eigenvalue weighted by molar-refractivity contribution is 8.01. The highest BCUT2D eigenvalue weighted by atomic mass is 32.2. The summed E-state index contributed by atoms with van der Waals surface area (Å²) in [6, 6.07) is 16.0. The molecule has 8 heteroatoms. The van der Waals surface area contributed by atoms with Crippen LogP contribution in [-0.4, -0.2) is 35.6 Å². The molecular weight excluding hydrogens is 392 g/mol. The Kier molecular flexibility index (Phi) is 5.78. The van der Waals surface area contributed by atoms with Gasteiger partial charge in [0, 0.05) is 12.2 Å². The lowest BCUT2D eigenvalue weighted by Crippen LogP contribution is -2.47. The fourth-order valence-corrected chi connectivity index (χ4v) is 5.07. The summed E-state index contributed by atoms with van der Waals surface area (Å²) in [6.45, 7) is 1.06. The van der Waals surface area contributed by atoms with Crippen LogP contribution in [0.15, 0.2) is 52.9 Å². The van der Waals surface area contributed by atoms with Crippen LogP contribution in [-0.2, 0) is 16.0 Å². The van der Waals surface area contributed by atoms with Gasteiger partial charge >= 0.3 is 0 Å². The molecule has 0 saturated heterocycles. The number of aryl methyl sites for hydroxylation is 1. The van der Waals surface area contributed by atoms with E-state index in [1.165, 1.54) is 17.3 Å². The third-order valence-electron chi connectivity index (χ3n) is 4.48. The van der Waals surface area contributed by atoms with Crippen molar-refractivity contribution in [1.82, 2.24) is 15.8 Å². The van der Waals surface area contributed by atoms with Gasteiger partial charge < -0.3 is 4.90 Å². The van der Waals surface area contributed by atoms with Gasteiger partial charge in [0.2, 0.25) is 5.91 Å². The van der Waals surface area contributed by atoms with E-state index in [2.05, 4.69) is 26.8 Å². The molecule has 0 aliphatic carbocycles. The molecule has 6 nitrogen and oxygen atoms in total. The summed E-state index contributed by atoms with van der Waals surface area (Å²) in [5.41, 5.74) is 8.30. The maximum absolute atomic E-state index is 12.2. The molecule has 144 valence electrons. The number of amides is 2. The molecule has 0 bridgehead atoms. The fraction of sp³-hybridized carbons (Fsp3) is 0.250. The van der Waals surface area contributed by atoms with E-state index in [0.29, 0.717) is 0 Å². The standard InChI is InChI=1S/C20H20N4O2S2/c25-18(12-24-11-5-7-14-6-1-3-9-16(14)24)22-23-19(26)13-27-20-21-15-8-2-4-10-17(15)28-20/h1-4,6,8-10H,5,7,11-13H2,(H,22,25)(H,23,26). The molecular formula is C20H20N4O2S2. The highest BCUT2D eigenvalue weighted by Gasteiger charge is 2.18. The number of aromatic nitrogens is 1. The van der Waals surface area contributed by atoms with E-state index < -0.39 is 0 Å². The number of carbonyl (C=O) groups excluding carboxylic acids is 2. The first kappa shape index (κ1) is 18.8. The third-order valence-corrected chi connectivity index (χ3v) is 6.66. The van der Waals surface area contributed by atoms with Crippen LogP contribution in [0.25, 0.3) is 10.2 Å². The van der Waals surface area contributed by atoms with E-state index in [1.807, 2.05) is 42.5 Å². The minimum Gasteiger partial charge on any atom is -0.362 e. The van der Waals surface area contributed by atoms with Crippen molar-refractivity contribution < 1.29 is 9.59 Å². The molecule has 2 amide bonds. The molecule has 0 radical (unpaired) electrons. The van der Waals surface area contributed by atoms with Gasteiger partial charge in [0.05, 0.1) is 22.5 Å². The summed E-state index contributed by atoms with van der Waals surface area (Å²) in [4.78, 5) is 30.8. The number of fused-ring (bicyclic) bond motifs is 2. The average molecular weight is 413 g/mol. The molecule has 2 N–H and O–H groups in total. The number of rotatable bonds is 5. The number of hydrogen-bond donors (Lipinski definition) is 2. The Morgan fingerprint density at radius 2 is 1.86 bits per heavy atom. The van der Waals surface area contributed by atoms with Crippen molar-refractivity contribution in [2.45, 2.75) is 17.2 Å². The fourth-order valence-electron chi connectivity index (χ4n) is 3.20. The summed E-state index contributed by atoms with van der Waals surface area (Å²) >= 11 is 2.92. The molecule has 1 aliphatic rings. The number of hydrogen-bond acceptors (Lipinski definition) is 6. The highest BCUT2D eigenvalue weighted by Crippen LogP contribution is 2.29. The first-order chi connectivity index (χ1) is 13.7. The number of benzene rings is 2. The summed E-state index contributed by atoms with van der Waals surface area (Å²) in [7, 11) is 0. The van der Waals surface area contributed by atoms with Crippen molar-refractivity contribution >= 4 is 50.8 Å². The number of thiazole rings is 1. The van der Waals surface area contributed by atoms with Gasteiger partial charge in [-0.05, 0) is 36.6 Å². The average Bonchev–Trinajstić information content (AvgIpc) is 3.14. The van der Waals surface area contributed by atoms with Crippen LogP contribution in [0.1, 0.15) is 12.0 Å². The van der Waals surface area contributed by atoms with Gasteiger partial charge in [-0.2, -0.15) is 0 Å². The summed E-state index contributed by atoms with van der Waals surface area (Å²) < 4.78 is 1.94. The van der Waals surface area contributed by atoms with Gasteiger partial charge in [0.15, 0.2) is 4.34 Å². The van der Waals surface area contributed by atoms with E-state index in [9.17, 15) is 9.59 Å². The van der Waals surface area contributed by atoms with Gasteiger partial charge in [0.25, 0.3) is 5.91 Å². The number of nitrogens with zero attached hydrogens (tertiary/aromatic N) is 2. The Labute approximate surface area is 171 Å². The van der Waals surface area contributed by atoms with Crippen molar-refractivity contribution in [3.8, 4) is 0 Å². The lowest BCUT2D eigenvalue weighted by Gasteiger charge is -2.30. The van der Waals surface area contributed by atoms with Gasteiger partial charge in [-0.3, -0.25) is 20.4 Å². The molecule has 3 aromatic rings. The summed E-state index contributed by atoms with van der Waals surface area (Å²) in [6.07, 6.45) is 2.06. The molecule has 2 heterocycles. The summed E-state index contributed by atoms with van der Waals surface area (Å²) in [5.74, 6) is -0.279. The zero-order valence-electron chi connectivity index (χ0n) is 15.2. The maximum atomic E-state index is 12.2. The Morgan fingerprint density at radius 1 is 1.07 bits per heavy atom. The van der Waals surface area contributed by atoms with Crippen LogP contribution < -0.4 is 15.8 Å². The van der Waals surface area contributed by atoms with E-state index in [-0.39, 0.29) is 24.1 Å². The number of nitrogens with one attached hydrogen (secondary N) is 2. The molecule has 28 heavy (non-hydrogen) atoms. The smallest absolute Gasteiger partial charge is 0.257 e. The largest absolute Gasteiger partial charge is 0.362 e. The normalized spacial score (nSPS) is 13.2. The van der Waals surface area contributed by atoms with Crippen LogP contribution in [0, 0.1) is 0 Å². The number of anilines is 1. The predicted octanol–water partition coefficient (Wildman–Crippen LogP) is 2.99. The zero-order valence-corrected chi connectivity index (χ0v) is 16.8. The molecule has 0 spiro atoms. The van der Waals surface area contributed by atoms with Crippen LogP contribution in [0.4, 0.5) is 5.69 Å². The van der Waals surface area contributed by atoms with Crippen molar-refractivity contribution in [1.29, 1.82) is 0 Å². The Hall–Kier alpha value is -2.58. The molecule has 0 fully saturated rings. The minimum absolute atomic E-state index is 0.201. The first-order valence-electron chi connectivity index (χ1n) is 9.08. The second-order valence-electron chi connectivity index (χ2n) is 6.49. The van der Waals surface area contributed by atoms with Crippen molar-refractivity contribution in [3.05, 3.63) is 54.1 Å². The van der Waals surface area contributed by atoms with Crippen LogP contribution in [0.3, 0.4) is 0 Å². The van der Waals surface area contributed by atoms with Crippen molar-refractivity contribution in [2.24, 2.45) is 0 Å². The van der Waals surface area contributed by atoms with Crippen molar-refractivity contribution in [2.75, 3.05) is 23.7 Å². The third kappa shape index (κ3) is 4.45. The molecule has 1 aromatic heterocycles. The van der Waals surface area contributed by atoms with Gasteiger partial charge in [-0.1, -0.05) is 42.1 Å². The SMILES string of the molecule is O=C(CSc1nc2ccccc2s1)NNC(=O)CN1CCCc2ccccc21. The molecule has 1 aliphatic heterocycles. The predicted molar refractivity (Wildman–Crippen MR) is 114 cm³/mol. The Morgan fingerprint density at radius 3 is 2.75 bits per heavy atom. The number of para-hydroxylation sites is 2. The lowest BCUT2D eigenvalue weighted by molar-refractivity contribution is -0.126. The number of hydrazine groups is 1. The molecule has 2 aromatic carbocycles. The first-order valence-corrected chi connectivity index (χ1v) is 10.9. The number of carbonyl (C=O) groups is 2. The van der Waals surface area contributed by atoms with E-state index in [4.69, 9.17) is 0 Å². The summed E-state index contributed by atoms with van der Waals surface area (Å²) in [5, 5.41) is 0. The monoisotopic (exact) mass is 412 g/mol. The van der Waals surface area contributed by atoms with E-state index in [0.717, 1.165) is 39.6 Å². The molecule has 4 rings (SSSR count). The second-order valence-corrected chi connectivity index (χ2v) is 8.74. The van der Waals surface area contributed by atoms with Crippen molar-refractivity contribution in [3.63, 3.8) is 0 Å².